The van der Waals surface area contributed by atoms with Crippen molar-refractivity contribution in [1.29, 1.82) is 0 Å². The number of ether oxygens (including phenoxy) is 1. The fourth-order valence-electron chi connectivity index (χ4n) is 3.70. The summed E-state index contributed by atoms with van der Waals surface area (Å²) in [6.07, 6.45) is 3.39. The lowest BCUT2D eigenvalue weighted by Crippen LogP contribution is -2.30. The normalized spacial score (nSPS) is 21.5. The van der Waals surface area contributed by atoms with Gasteiger partial charge in [0.05, 0.1) is 23.9 Å². The van der Waals surface area contributed by atoms with Gasteiger partial charge in [0.15, 0.2) is 5.78 Å². The van der Waals surface area contributed by atoms with E-state index in [1.165, 1.54) is 11.4 Å². The Bertz CT molecular complexity index is 1040. The van der Waals surface area contributed by atoms with Crippen LogP contribution in [0.4, 0.5) is 8.78 Å². The fraction of sp³-hybridized carbons (Fsp3) is 0.318. The summed E-state index contributed by atoms with van der Waals surface area (Å²) >= 11 is 1.02. The molecule has 5 nitrogen and oxygen atoms in total. The van der Waals surface area contributed by atoms with Gasteiger partial charge in [-0.15, -0.1) is 11.3 Å². The van der Waals surface area contributed by atoms with Crippen molar-refractivity contribution in [3.05, 3.63) is 70.5 Å². The molecule has 0 amide bonds. The van der Waals surface area contributed by atoms with E-state index >= 15 is 0 Å². The number of carbonyl (C=O) groups is 1. The van der Waals surface area contributed by atoms with Crippen LogP contribution in [0.15, 0.2) is 42.0 Å². The molecule has 0 spiro atoms. The van der Waals surface area contributed by atoms with Crippen LogP contribution < -0.4 is 0 Å². The van der Waals surface area contributed by atoms with E-state index in [2.05, 4.69) is 9.97 Å². The average molecular weight is 430 g/mol. The zero-order valence-electron chi connectivity index (χ0n) is 16.2. The van der Waals surface area contributed by atoms with Gasteiger partial charge in [-0.05, 0) is 42.7 Å². The maximum absolute atomic E-state index is 14.0. The van der Waals surface area contributed by atoms with Crippen LogP contribution >= 0.6 is 11.3 Å². The minimum absolute atomic E-state index is 0.0242. The van der Waals surface area contributed by atoms with Crippen LogP contribution in [-0.2, 0) is 11.2 Å². The average Bonchev–Trinajstić information content (AvgIpc) is 3.17. The van der Waals surface area contributed by atoms with E-state index in [1.807, 2.05) is 6.92 Å². The largest absolute Gasteiger partial charge is 0.393 e. The first kappa shape index (κ1) is 20.7. The molecular weight excluding hydrogens is 410 g/mol. The summed E-state index contributed by atoms with van der Waals surface area (Å²) < 4.78 is 34.0. The number of hydrogen-bond donors (Lipinski definition) is 1. The molecule has 3 aromatic rings. The third kappa shape index (κ3) is 4.30. The van der Waals surface area contributed by atoms with Gasteiger partial charge in [-0.3, -0.25) is 9.78 Å². The van der Waals surface area contributed by atoms with E-state index in [1.54, 1.807) is 18.5 Å². The molecular formula is C22H20F2N2O3S. The summed E-state index contributed by atoms with van der Waals surface area (Å²) in [5.41, 5.74) is 1.40. The second kappa shape index (κ2) is 8.67. The van der Waals surface area contributed by atoms with E-state index < -0.39 is 17.7 Å². The summed E-state index contributed by atoms with van der Waals surface area (Å²) in [5.74, 6) is -1.73. The van der Waals surface area contributed by atoms with Gasteiger partial charge < -0.3 is 9.84 Å². The Morgan fingerprint density at radius 2 is 2.03 bits per heavy atom. The van der Waals surface area contributed by atoms with Gasteiger partial charge in [0.1, 0.15) is 22.3 Å². The molecule has 2 aromatic heterocycles. The van der Waals surface area contributed by atoms with Crippen molar-refractivity contribution in [1.82, 2.24) is 9.97 Å². The standard InChI is InChI=1S/C22H20F2N2O3S/c1-12-7-14(27)9-20(29-12)15-5-6-25-10-13(15)8-19(28)18-11-30-22(26-18)21-16(23)3-2-4-17(21)24/h2-6,10-12,14,20,27H,7-9H2,1H3/t12-,14+,20-/m1/s1. The van der Waals surface area contributed by atoms with Crippen molar-refractivity contribution in [2.45, 2.75) is 44.5 Å². The van der Waals surface area contributed by atoms with Crippen LogP contribution in [0, 0.1) is 11.6 Å². The molecule has 0 aliphatic carbocycles. The van der Waals surface area contributed by atoms with Crippen molar-refractivity contribution in [3.63, 3.8) is 0 Å². The summed E-state index contributed by atoms with van der Waals surface area (Å²) in [6.45, 7) is 1.90. The molecule has 1 saturated heterocycles. The highest BCUT2D eigenvalue weighted by molar-refractivity contribution is 7.13. The lowest BCUT2D eigenvalue weighted by molar-refractivity contribution is -0.0898. The van der Waals surface area contributed by atoms with E-state index in [-0.39, 0.29) is 40.7 Å². The van der Waals surface area contributed by atoms with Crippen molar-refractivity contribution in [2.24, 2.45) is 0 Å². The number of thiazole rings is 1. The fourth-order valence-corrected chi connectivity index (χ4v) is 4.57. The molecule has 0 unspecified atom stereocenters. The van der Waals surface area contributed by atoms with Crippen molar-refractivity contribution in [3.8, 4) is 10.6 Å². The van der Waals surface area contributed by atoms with Crippen LogP contribution in [-0.4, -0.2) is 33.1 Å². The van der Waals surface area contributed by atoms with Gasteiger partial charge in [-0.1, -0.05) is 6.07 Å². The lowest BCUT2D eigenvalue weighted by Gasteiger charge is -2.32. The molecule has 1 fully saturated rings. The molecule has 4 rings (SSSR count). The SMILES string of the molecule is C[C@@H]1C[C@H](O)C[C@H](c2ccncc2CC(=O)c2csc(-c3c(F)cccc3F)n2)O1. The predicted molar refractivity (Wildman–Crippen MR) is 108 cm³/mol. The Morgan fingerprint density at radius 1 is 1.27 bits per heavy atom. The predicted octanol–water partition coefficient (Wildman–Crippen LogP) is 4.51. The third-order valence-corrected chi connectivity index (χ3v) is 5.95. The monoisotopic (exact) mass is 430 g/mol. The van der Waals surface area contributed by atoms with E-state index in [4.69, 9.17) is 4.74 Å². The number of hydrogen-bond acceptors (Lipinski definition) is 6. The first-order valence-corrected chi connectivity index (χ1v) is 10.5. The number of halogens is 2. The molecule has 1 aliphatic rings. The molecule has 0 saturated carbocycles. The Labute approximate surface area is 176 Å². The number of aliphatic hydroxyl groups is 1. The number of aliphatic hydroxyl groups excluding tert-OH is 1. The molecule has 1 aliphatic heterocycles. The topological polar surface area (TPSA) is 72.3 Å². The quantitative estimate of drug-likeness (QED) is 0.603. The Balaban J connectivity index is 1.57. The van der Waals surface area contributed by atoms with Crippen molar-refractivity contribution >= 4 is 17.1 Å². The highest BCUT2D eigenvalue weighted by atomic mass is 32.1. The van der Waals surface area contributed by atoms with E-state index in [0.717, 1.165) is 29.0 Å². The molecule has 0 bridgehead atoms. The molecule has 1 N–H and O–H groups in total. The molecule has 3 heterocycles. The number of ketones is 1. The van der Waals surface area contributed by atoms with Crippen molar-refractivity contribution < 1.29 is 23.4 Å². The first-order chi connectivity index (χ1) is 14.4. The highest BCUT2D eigenvalue weighted by Crippen LogP contribution is 2.34. The van der Waals surface area contributed by atoms with E-state index in [0.29, 0.717) is 18.4 Å². The number of nitrogens with zero attached hydrogens (tertiary/aromatic N) is 2. The number of carbonyl (C=O) groups excluding carboxylic acids is 1. The molecule has 3 atom stereocenters. The van der Waals surface area contributed by atoms with Crippen LogP contribution in [0.1, 0.15) is 47.5 Å². The molecule has 0 radical (unpaired) electrons. The van der Waals surface area contributed by atoms with Gasteiger partial charge in [-0.2, -0.15) is 0 Å². The van der Waals surface area contributed by atoms with Crippen LogP contribution in [0.25, 0.3) is 10.6 Å². The molecule has 8 heteroatoms. The number of aromatic nitrogens is 2. The number of rotatable bonds is 5. The summed E-state index contributed by atoms with van der Waals surface area (Å²) in [4.78, 5) is 21.1. The molecule has 30 heavy (non-hydrogen) atoms. The van der Waals surface area contributed by atoms with Gasteiger partial charge in [0.25, 0.3) is 0 Å². The minimum Gasteiger partial charge on any atom is -0.393 e. The number of pyridine rings is 1. The lowest BCUT2D eigenvalue weighted by atomic mass is 9.92. The second-order valence-corrected chi connectivity index (χ2v) is 8.23. The second-order valence-electron chi connectivity index (χ2n) is 7.37. The maximum Gasteiger partial charge on any atom is 0.186 e. The Morgan fingerprint density at radius 3 is 2.77 bits per heavy atom. The molecule has 156 valence electrons. The van der Waals surface area contributed by atoms with E-state index in [9.17, 15) is 18.7 Å². The Hall–Kier alpha value is -2.55. The van der Waals surface area contributed by atoms with Crippen LogP contribution in [0.3, 0.4) is 0 Å². The molecule has 1 aromatic carbocycles. The van der Waals surface area contributed by atoms with Gasteiger partial charge in [-0.25, -0.2) is 13.8 Å². The summed E-state index contributed by atoms with van der Waals surface area (Å²) in [7, 11) is 0. The van der Waals surface area contributed by atoms with Gasteiger partial charge in [0, 0.05) is 30.6 Å². The maximum atomic E-state index is 14.0. The number of benzene rings is 1. The zero-order valence-corrected chi connectivity index (χ0v) is 17.0. The van der Waals surface area contributed by atoms with Crippen LogP contribution in [0.2, 0.25) is 0 Å². The third-order valence-electron chi connectivity index (χ3n) is 5.09. The minimum atomic E-state index is -0.722. The number of Topliss-reactive ketones (excluding diaryl/α,β-unsaturated/α-hetero) is 1. The first-order valence-electron chi connectivity index (χ1n) is 9.61. The van der Waals surface area contributed by atoms with Gasteiger partial charge in [0.2, 0.25) is 0 Å². The summed E-state index contributed by atoms with van der Waals surface area (Å²) in [6, 6.07) is 5.38. The Kier molecular flexibility index (Phi) is 5.99. The summed E-state index contributed by atoms with van der Waals surface area (Å²) in [5, 5.41) is 11.7. The smallest absolute Gasteiger partial charge is 0.186 e. The highest BCUT2D eigenvalue weighted by Gasteiger charge is 2.29. The van der Waals surface area contributed by atoms with Crippen molar-refractivity contribution in [2.75, 3.05) is 0 Å². The van der Waals surface area contributed by atoms with Gasteiger partial charge >= 0.3 is 0 Å². The zero-order chi connectivity index (χ0) is 21.3. The van der Waals surface area contributed by atoms with Crippen LogP contribution in [0.5, 0.6) is 0 Å².